The average molecular weight is 267 g/mol. The van der Waals surface area contributed by atoms with Crippen LogP contribution in [0.15, 0.2) is 24.4 Å². The van der Waals surface area contributed by atoms with E-state index in [-0.39, 0.29) is 16.4 Å². The number of ketones is 1. The Morgan fingerprint density at radius 2 is 2.22 bits per heavy atom. The molecular formula is C13H12ClFN2O. The van der Waals surface area contributed by atoms with Crippen molar-refractivity contribution in [2.75, 3.05) is 0 Å². The van der Waals surface area contributed by atoms with E-state index in [9.17, 15) is 9.18 Å². The summed E-state index contributed by atoms with van der Waals surface area (Å²) in [6.45, 7) is 4.03. The Morgan fingerprint density at radius 3 is 2.83 bits per heavy atom. The number of halogens is 2. The van der Waals surface area contributed by atoms with Crippen LogP contribution in [0.2, 0.25) is 5.02 Å². The van der Waals surface area contributed by atoms with E-state index in [1.807, 2.05) is 6.92 Å². The molecule has 0 bridgehead atoms. The second kappa shape index (κ2) is 4.90. The van der Waals surface area contributed by atoms with Crippen molar-refractivity contribution in [1.82, 2.24) is 9.78 Å². The Bertz CT molecular complexity index is 607. The molecule has 0 N–H and O–H groups in total. The molecule has 2 aromatic rings. The number of aryl methyl sites for hydroxylation is 2. The van der Waals surface area contributed by atoms with Crippen LogP contribution < -0.4 is 0 Å². The molecule has 0 amide bonds. The van der Waals surface area contributed by atoms with Gasteiger partial charge in [-0.3, -0.25) is 9.48 Å². The molecule has 0 spiro atoms. The lowest BCUT2D eigenvalue weighted by atomic mass is 10.1. The predicted octanol–water partition coefficient (Wildman–Crippen LogP) is 3.23. The maximum absolute atomic E-state index is 13.5. The molecule has 1 aromatic heterocycles. The fourth-order valence-electron chi connectivity index (χ4n) is 1.70. The van der Waals surface area contributed by atoms with Gasteiger partial charge in [0.2, 0.25) is 5.78 Å². The van der Waals surface area contributed by atoms with Crippen LogP contribution in [0.1, 0.15) is 28.5 Å². The number of benzene rings is 1. The third-order valence-corrected chi connectivity index (χ3v) is 3.02. The quantitative estimate of drug-likeness (QED) is 0.800. The number of rotatable bonds is 3. The van der Waals surface area contributed by atoms with E-state index >= 15 is 0 Å². The molecule has 0 fully saturated rings. The van der Waals surface area contributed by atoms with E-state index in [0.717, 1.165) is 0 Å². The van der Waals surface area contributed by atoms with Crippen molar-refractivity contribution in [3.63, 3.8) is 0 Å². The molecule has 0 aliphatic heterocycles. The molecule has 5 heteroatoms. The number of carbonyl (C=O) groups excluding carboxylic acids is 1. The SMILES string of the molecule is CCn1ncc(Cl)c1C(=O)c1ccc(C)c(F)c1. The van der Waals surface area contributed by atoms with Crippen LogP contribution in [0.5, 0.6) is 0 Å². The Labute approximate surface area is 109 Å². The Balaban J connectivity index is 2.47. The van der Waals surface area contributed by atoms with Gasteiger partial charge >= 0.3 is 0 Å². The molecule has 0 saturated heterocycles. The highest BCUT2D eigenvalue weighted by molar-refractivity contribution is 6.34. The fraction of sp³-hybridized carbons (Fsp3) is 0.231. The molecule has 3 nitrogen and oxygen atoms in total. The zero-order chi connectivity index (χ0) is 13.3. The van der Waals surface area contributed by atoms with E-state index in [1.165, 1.54) is 16.9 Å². The predicted molar refractivity (Wildman–Crippen MR) is 67.5 cm³/mol. The van der Waals surface area contributed by atoms with Crippen LogP contribution >= 0.6 is 11.6 Å². The Kier molecular flexibility index (Phi) is 3.48. The molecule has 0 saturated carbocycles. The molecule has 0 radical (unpaired) electrons. The van der Waals surface area contributed by atoms with Gasteiger partial charge in [-0.1, -0.05) is 23.7 Å². The van der Waals surface area contributed by atoms with Crippen molar-refractivity contribution in [1.29, 1.82) is 0 Å². The van der Waals surface area contributed by atoms with Crippen LogP contribution in [-0.4, -0.2) is 15.6 Å². The van der Waals surface area contributed by atoms with E-state index in [1.54, 1.807) is 19.1 Å². The van der Waals surface area contributed by atoms with E-state index in [0.29, 0.717) is 17.8 Å². The maximum Gasteiger partial charge on any atom is 0.212 e. The zero-order valence-corrected chi connectivity index (χ0v) is 10.8. The number of hydrogen-bond acceptors (Lipinski definition) is 2. The summed E-state index contributed by atoms with van der Waals surface area (Å²) in [7, 11) is 0. The van der Waals surface area contributed by atoms with Crippen molar-refractivity contribution >= 4 is 17.4 Å². The Hall–Kier alpha value is -1.68. The second-order valence-electron chi connectivity index (χ2n) is 3.95. The molecule has 2 rings (SSSR count). The summed E-state index contributed by atoms with van der Waals surface area (Å²) >= 11 is 5.94. The Morgan fingerprint density at radius 1 is 1.50 bits per heavy atom. The minimum Gasteiger partial charge on any atom is -0.287 e. The lowest BCUT2D eigenvalue weighted by Crippen LogP contribution is -2.11. The van der Waals surface area contributed by atoms with Gasteiger partial charge in [-0.2, -0.15) is 5.10 Å². The summed E-state index contributed by atoms with van der Waals surface area (Å²) in [6, 6.07) is 4.38. The monoisotopic (exact) mass is 266 g/mol. The minimum atomic E-state index is -0.403. The largest absolute Gasteiger partial charge is 0.287 e. The molecule has 18 heavy (non-hydrogen) atoms. The molecular weight excluding hydrogens is 255 g/mol. The van der Waals surface area contributed by atoms with Crippen molar-refractivity contribution in [2.45, 2.75) is 20.4 Å². The summed E-state index contributed by atoms with van der Waals surface area (Å²) < 4.78 is 15.0. The van der Waals surface area contributed by atoms with Gasteiger partial charge in [0.15, 0.2) is 0 Å². The number of hydrogen-bond donors (Lipinski definition) is 0. The molecule has 0 unspecified atom stereocenters. The maximum atomic E-state index is 13.5. The van der Waals surface area contributed by atoms with Crippen molar-refractivity contribution in [3.8, 4) is 0 Å². The normalized spacial score (nSPS) is 10.7. The summed E-state index contributed by atoms with van der Waals surface area (Å²) in [4.78, 5) is 12.3. The smallest absolute Gasteiger partial charge is 0.212 e. The van der Waals surface area contributed by atoms with Gasteiger partial charge in [0, 0.05) is 12.1 Å². The van der Waals surface area contributed by atoms with Gasteiger partial charge in [0.05, 0.1) is 11.2 Å². The molecule has 1 aromatic carbocycles. The second-order valence-corrected chi connectivity index (χ2v) is 4.36. The highest BCUT2D eigenvalue weighted by atomic mass is 35.5. The molecule has 0 aliphatic rings. The lowest BCUT2D eigenvalue weighted by Gasteiger charge is -2.05. The molecule has 1 heterocycles. The van der Waals surface area contributed by atoms with Crippen LogP contribution in [0, 0.1) is 12.7 Å². The third-order valence-electron chi connectivity index (χ3n) is 2.74. The third kappa shape index (κ3) is 2.16. The summed E-state index contributed by atoms with van der Waals surface area (Å²) in [5.41, 5.74) is 1.07. The van der Waals surface area contributed by atoms with Gasteiger partial charge in [-0.15, -0.1) is 0 Å². The summed E-state index contributed by atoms with van der Waals surface area (Å²) in [5.74, 6) is -0.724. The highest BCUT2D eigenvalue weighted by Gasteiger charge is 2.19. The molecule has 0 atom stereocenters. The van der Waals surface area contributed by atoms with Crippen LogP contribution in [0.25, 0.3) is 0 Å². The first kappa shape index (κ1) is 12.8. The molecule has 94 valence electrons. The zero-order valence-electron chi connectivity index (χ0n) is 10.1. The number of aromatic nitrogens is 2. The van der Waals surface area contributed by atoms with Gasteiger partial charge in [-0.25, -0.2) is 4.39 Å². The van der Waals surface area contributed by atoms with Crippen LogP contribution in [0.3, 0.4) is 0 Å². The number of carbonyl (C=O) groups is 1. The van der Waals surface area contributed by atoms with Gasteiger partial charge < -0.3 is 0 Å². The standard InChI is InChI=1S/C13H12ClFN2O/c1-3-17-12(10(14)7-16-17)13(18)9-5-4-8(2)11(15)6-9/h4-7H,3H2,1-2H3. The van der Waals surface area contributed by atoms with Crippen molar-refractivity contribution < 1.29 is 9.18 Å². The van der Waals surface area contributed by atoms with E-state index in [4.69, 9.17) is 11.6 Å². The first-order chi connectivity index (χ1) is 8.54. The van der Waals surface area contributed by atoms with E-state index < -0.39 is 5.82 Å². The summed E-state index contributed by atoms with van der Waals surface area (Å²) in [6.07, 6.45) is 1.42. The first-order valence-electron chi connectivity index (χ1n) is 5.56. The summed E-state index contributed by atoms with van der Waals surface area (Å²) in [5, 5.41) is 4.27. The number of nitrogens with zero attached hydrogens (tertiary/aromatic N) is 2. The van der Waals surface area contributed by atoms with Crippen molar-refractivity contribution in [3.05, 3.63) is 52.1 Å². The molecule has 0 aliphatic carbocycles. The highest BCUT2D eigenvalue weighted by Crippen LogP contribution is 2.20. The van der Waals surface area contributed by atoms with Gasteiger partial charge in [0.25, 0.3) is 0 Å². The van der Waals surface area contributed by atoms with Crippen LogP contribution in [0.4, 0.5) is 4.39 Å². The van der Waals surface area contributed by atoms with Crippen LogP contribution in [-0.2, 0) is 6.54 Å². The van der Waals surface area contributed by atoms with Crippen molar-refractivity contribution in [2.24, 2.45) is 0 Å². The average Bonchev–Trinajstić information content (AvgIpc) is 2.73. The topological polar surface area (TPSA) is 34.9 Å². The lowest BCUT2D eigenvalue weighted by molar-refractivity contribution is 0.102. The first-order valence-corrected chi connectivity index (χ1v) is 5.94. The minimum absolute atomic E-state index is 0.273. The van der Waals surface area contributed by atoms with E-state index in [2.05, 4.69) is 5.10 Å². The van der Waals surface area contributed by atoms with Gasteiger partial charge in [-0.05, 0) is 25.5 Å². The fourth-order valence-corrected chi connectivity index (χ4v) is 1.93. The van der Waals surface area contributed by atoms with Gasteiger partial charge in [0.1, 0.15) is 11.5 Å².